The third-order valence-electron chi connectivity index (χ3n) is 3.04. The Morgan fingerprint density at radius 3 is 2.65 bits per heavy atom. The highest BCUT2D eigenvalue weighted by atomic mass is 16.5. The van der Waals surface area contributed by atoms with Crippen molar-refractivity contribution in [2.45, 2.75) is 20.8 Å². The van der Waals surface area contributed by atoms with Crippen molar-refractivity contribution in [1.29, 1.82) is 0 Å². The number of H-pyrrole nitrogens is 1. The van der Waals surface area contributed by atoms with Crippen LogP contribution in [0.25, 0.3) is 5.69 Å². The highest BCUT2D eigenvalue weighted by Crippen LogP contribution is 2.24. The van der Waals surface area contributed by atoms with Gasteiger partial charge < -0.3 is 14.3 Å². The fourth-order valence-corrected chi connectivity index (χ4v) is 1.97. The molecular formula is C17H20N4O2. The molecule has 3 rings (SSSR count). The van der Waals surface area contributed by atoms with E-state index in [1.807, 2.05) is 37.6 Å². The number of hydrogen-bond acceptors (Lipinski definition) is 4. The molecule has 0 aliphatic rings. The number of imidazole rings is 2. The third-order valence-corrected chi connectivity index (χ3v) is 3.04. The van der Waals surface area contributed by atoms with E-state index >= 15 is 0 Å². The molecule has 0 aliphatic heterocycles. The summed E-state index contributed by atoms with van der Waals surface area (Å²) in [4.78, 5) is 21.6. The van der Waals surface area contributed by atoms with Crippen molar-refractivity contribution in [2.24, 2.45) is 0 Å². The van der Waals surface area contributed by atoms with E-state index in [0.29, 0.717) is 17.9 Å². The molecule has 1 N–H and O–H groups in total. The molecule has 2 heterocycles. The van der Waals surface area contributed by atoms with Gasteiger partial charge in [-0.05, 0) is 39.0 Å². The fourth-order valence-electron chi connectivity index (χ4n) is 1.97. The SMILES string of the molecule is CCOc1cc(C=O)ccc1-n1cnc(C)c1.Cc1cnc[nH]1. The number of aldehydes is 1. The molecule has 0 amide bonds. The maximum absolute atomic E-state index is 10.7. The Morgan fingerprint density at radius 2 is 2.17 bits per heavy atom. The molecule has 6 heteroatoms. The van der Waals surface area contributed by atoms with E-state index in [0.717, 1.165) is 23.4 Å². The van der Waals surface area contributed by atoms with Gasteiger partial charge in [-0.15, -0.1) is 0 Å². The molecule has 0 spiro atoms. The number of aromatic nitrogens is 4. The van der Waals surface area contributed by atoms with Crippen molar-refractivity contribution in [3.8, 4) is 11.4 Å². The lowest BCUT2D eigenvalue weighted by atomic mass is 10.2. The Labute approximate surface area is 135 Å². The van der Waals surface area contributed by atoms with Crippen LogP contribution in [-0.4, -0.2) is 32.4 Å². The number of ether oxygens (including phenoxy) is 1. The molecule has 1 aromatic carbocycles. The second kappa shape index (κ2) is 7.93. The van der Waals surface area contributed by atoms with Gasteiger partial charge in [0.25, 0.3) is 0 Å². The molecule has 0 saturated carbocycles. The number of aromatic amines is 1. The number of aryl methyl sites for hydroxylation is 2. The topological polar surface area (TPSA) is 72.8 Å². The number of rotatable bonds is 4. The van der Waals surface area contributed by atoms with E-state index in [2.05, 4.69) is 15.0 Å². The summed E-state index contributed by atoms with van der Waals surface area (Å²) in [6, 6.07) is 5.36. The normalized spacial score (nSPS) is 9.87. The molecule has 6 nitrogen and oxygen atoms in total. The van der Waals surface area contributed by atoms with Crippen LogP contribution in [-0.2, 0) is 0 Å². The fraction of sp³-hybridized carbons (Fsp3) is 0.235. The second-order valence-electron chi connectivity index (χ2n) is 4.93. The van der Waals surface area contributed by atoms with Crippen LogP contribution in [0.3, 0.4) is 0 Å². The van der Waals surface area contributed by atoms with Crippen LogP contribution in [0.2, 0.25) is 0 Å². The Balaban J connectivity index is 0.000000268. The van der Waals surface area contributed by atoms with Crippen molar-refractivity contribution in [3.05, 3.63) is 60.2 Å². The van der Waals surface area contributed by atoms with Crippen LogP contribution < -0.4 is 4.74 Å². The lowest BCUT2D eigenvalue weighted by Gasteiger charge is -2.11. The summed E-state index contributed by atoms with van der Waals surface area (Å²) in [6.45, 7) is 6.36. The van der Waals surface area contributed by atoms with Crippen molar-refractivity contribution in [2.75, 3.05) is 6.61 Å². The summed E-state index contributed by atoms with van der Waals surface area (Å²) in [5, 5.41) is 0. The number of carbonyl (C=O) groups is 1. The number of nitrogens with zero attached hydrogens (tertiary/aromatic N) is 3. The summed E-state index contributed by atoms with van der Waals surface area (Å²) in [5.74, 6) is 0.689. The van der Waals surface area contributed by atoms with Gasteiger partial charge in [-0.3, -0.25) is 4.79 Å². The van der Waals surface area contributed by atoms with Gasteiger partial charge in [-0.2, -0.15) is 0 Å². The number of hydrogen-bond donors (Lipinski definition) is 1. The molecule has 0 atom stereocenters. The summed E-state index contributed by atoms with van der Waals surface area (Å²) in [6.07, 6.45) is 7.90. The Bertz CT molecular complexity index is 748. The highest BCUT2D eigenvalue weighted by Gasteiger charge is 2.07. The van der Waals surface area contributed by atoms with Crippen molar-refractivity contribution in [1.82, 2.24) is 19.5 Å². The zero-order chi connectivity index (χ0) is 16.7. The van der Waals surface area contributed by atoms with E-state index in [1.54, 1.807) is 31.0 Å². The second-order valence-corrected chi connectivity index (χ2v) is 4.93. The lowest BCUT2D eigenvalue weighted by Crippen LogP contribution is -2.00. The molecule has 0 bridgehead atoms. The third kappa shape index (κ3) is 4.54. The van der Waals surface area contributed by atoms with Crippen molar-refractivity contribution in [3.63, 3.8) is 0 Å². The monoisotopic (exact) mass is 312 g/mol. The van der Waals surface area contributed by atoms with Crippen molar-refractivity contribution >= 4 is 6.29 Å². The van der Waals surface area contributed by atoms with E-state index < -0.39 is 0 Å². The minimum Gasteiger partial charge on any atom is -0.492 e. The predicted octanol–water partition coefficient (Wildman–Crippen LogP) is 3.11. The largest absolute Gasteiger partial charge is 0.492 e. The summed E-state index contributed by atoms with van der Waals surface area (Å²) < 4.78 is 7.42. The average Bonchev–Trinajstić information content (AvgIpc) is 3.19. The number of nitrogens with one attached hydrogen (secondary N) is 1. The first-order valence-electron chi connectivity index (χ1n) is 7.32. The first-order chi connectivity index (χ1) is 11.1. The van der Waals surface area contributed by atoms with E-state index in [9.17, 15) is 4.79 Å². The van der Waals surface area contributed by atoms with Crippen molar-refractivity contribution < 1.29 is 9.53 Å². The minimum absolute atomic E-state index is 0.559. The van der Waals surface area contributed by atoms with Gasteiger partial charge >= 0.3 is 0 Å². The van der Waals surface area contributed by atoms with Crippen LogP contribution in [0.15, 0.2) is 43.2 Å². The van der Waals surface area contributed by atoms with Crippen LogP contribution >= 0.6 is 0 Å². The average molecular weight is 312 g/mol. The first kappa shape index (κ1) is 16.5. The Hall–Kier alpha value is -2.89. The van der Waals surface area contributed by atoms with Gasteiger partial charge in [0.05, 0.1) is 30.6 Å². The molecule has 120 valence electrons. The molecule has 0 radical (unpaired) electrons. The van der Waals surface area contributed by atoms with Crippen LogP contribution in [0.4, 0.5) is 0 Å². The Morgan fingerprint density at radius 1 is 1.35 bits per heavy atom. The number of benzene rings is 1. The maximum atomic E-state index is 10.7. The van der Waals surface area contributed by atoms with Gasteiger partial charge in [-0.1, -0.05) is 0 Å². The van der Waals surface area contributed by atoms with Crippen LogP contribution in [0.1, 0.15) is 28.7 Å². The zero-order valence-electron chi connectivity index (χ0n) is 13.5. The van der Waals surface area contributed by atoms with Gasteiger partial charge in [0.2, 0.25) is 0 Å². The molecular weight excluding hydrogens is 292 g/mol. The number of carbonyl (C=O) groups excluding carboxylic acids is 1. The predicted molar refractivity (Wildman–Crippen MR) is 88.2 cm³/mol. The van der Waals surface area contributed by atoms with Gasteiger partial charge in [0, 0.05) is 23.7 Å². The minimum atomic E-state index is 0.559. The first-order valence-corrected chi connectivity index (χ1v) is 7.32. The molecule has 0 saturated heterocycles. The highest BCUT2D eigenvalue weighted by molar-refractivity contribution is 5.76. The molecule has 0 aliphatic carbocycles. The van der Waals surface area contributed by atoms with Gasteiger partial charge in [0.1, 0.15) is 12.0 Å². The summed E-state index contributed by atoms with van der Waals surface area (Å²) >= 11 is 0. The maximum Gasteiger partial charge on any atom is 0.150 e. The molecule has 3 aromatic rings. The quantitative estimate of drug-likeness (QED) is 0.751. The van der Waals surface area contributed by atoms with E-state index in [-0.39, 0.29) is 0 Å². The van der Waals surface area contributed by atoms with Gasteiger partial charge in [-0.25, -0.2) is 9.97 Å². The molecule has 0 fully saturated rings. The zero-order valence-corrected chi connectivity index (χ0v) is 13.5. The summed E-state index contributed by atoms with van der Waals surface area (Å²) in [5.41, 5.74) is 3.54. The lowest BCUT2D eigenvalue weighted by molar-refractivity contribution is 0.112. The smallest absolute Gasteiger partial charge is 0.150 e. The van der Waals surface area contributed by atoms with Crippen LogP contribution in [0, 0.1) is 13.8 Å². The Kier molecular flexibility index (Phi) is 5.68. The molecule has 2 aromatic heterocycles. The van der Waals surface area contributed by atoms with Gasteiger partial charge in [0.15, 0.2) is 0 Å². The standard InChI is InChI=1S/C13H14N2O2.C4H6N2/c1-3-17-13-6-11(8-16)4-5-12(13)15-7-10(2)14-9-15;1-4-2-5-3-6-4/h4-9H,3H2,1-2H3;2-3H,1H3,(H,5,6). The van der Waals surface area contributed by atoms with E-state index in [1.165, 1.54) is 0 Å². The summed E-state index contributed by atoms with van der Waals surface area (Å²) in [7, 11) is 0. The van der Waals surface area contributed by atoms with Crippen LogP contribution in [0.5, 0.6) is 5.75 Å². The molecule has 0 unspecified atom stereocenters. The molecule has 23 heavy (non-hydrogen) atoms. The van der Waals surface area contributed by atoms with E-state index in [4.69, 9.17) is 4.74 Å².